The molecule has 1 aliphatic rings. The molecule has 0 fully saturated rings. The lowest BCUT2D eigenvalue weighted by molar-refractivity contribution is 0.912. The van der Waals surface area contributed by atoms with E-state index in [-0.39, 0.29) is 0 Å². The number of nitrogens with one attached hydrogen (secondary N) is 2. The van der Waals surface area contributed by atoms with E-state index in [1.807, 2.05) is 13.8 Å². The van der Waals surface area contributed by atoms with Crippen LogP contribution in [0.1, 0.15) is 34.5 Å². The highest BCUT2D eigenvalue weighted by atomic mass is 15.1. The number of benzene rings is 1. The molecule has 1 heterocycles. The molecule has 0 radical (unpaired) electrons. The number of guanidine groups is 1. The van der Waals surface area contributed by atoms with Gasteiger partial charge in [0.2, 0.25) is 0 Å². The first kappa shape index (κ1) is 13.7. The zero-order valence-electron chi connectivity index (χ0n) is 12.5. The van der Waals surface area contributed by atoms with E-state index in [9.17, 15) is 0 Å². The normalized spacial score (nSPS) is 14.3. The maximum Gasteiger partial charge on any atom is 0.193 e. The minimum absolute atomic E-state index is 0.438. The molecule has 21 heavy (non-hydrogen) atoms. The lowest BCUT2D eigenvalue weighted by atomic mass is 10.1. The highest BCUT2D eigenvalue weighted by molar-refractivity contribution is 5.92. The highest BCUT2D eigenvalue weighted by Gasteiger charge is 2.11. The van der Waals surface area contributed by atoms with Crippen LogP contribution in [0.4, 0.5) is 5.69 Å². The molecule has 1 aromatic carbocycles. The van der Waals surface area contributed by atoms with Gasteiger partial charge in [-0.1, -0.05) is 6.07 Å². The molecule has 0 saturated carbocycles. The molecule has 4 N–H and O–H groups in total. The van der Waals surface area contributed by atoms with Crippen molar-refractivity contribution in [3.05, 3.63) is 46.3 Å². The summed E-state index contributed by atoms with van der Waals surface area (Å²) in [6, 6.07) is 6.43. The van der Waals surface area contributed by atoms with Crippen molar-refractivity contribution in [2.45, 2.75) is 39.7 Å². The molecule has 1 aromatic heterocycles. The number of aryl methyl sites for hydroxylation is 4. The summed E-state index contributed by atoms with van der Waals surface area (Å²) in [6.45, 7) is 4.51. The van der Waals surface area contributed by atoms with Crippen LogP contribution < -0.4 is 11.1 Å². The molecule has 3 rings (SSSR count). The van der Waals surface area contributed by atoms with Crippen LogP contribution in [0.2, 0.25) is 0 Å². The fourth-order valence-corrected chi connectivity index (χ4v) is 2.81. The van der Waals surface area contributed by atoms with Crippen LogP contribution in [-0.4, -0.2) is 16.2 Å². The monoisotopic (exact) mass is 283 g/mol. The predicted octanol–water partition coefficient (Wildman–Crippen LogP) is 2.44. The topological polar surface area (TPSA) is 79.1 Å². The van der Waals surface area contributed by atoms with Gasteiger partial charge in [0.15, 0.2) is 5.96 Å². The van der Waals surface area contributed by atoms with Crippen molar-refractivity contribution < 1.29 is 0 Å². The Bertz CT molecular complexity index is 664. The summed E-state index contributed by atoms with van der Waals surface area (Å²) in [7, 11) is 0. The SMILES string of the molecule is Cc1n[nH]c(C)c1CN=C(N)Nc1ccc2c(c1)CCC2. The zero-order chi connectivity index (χ0) is 14.8. The number of aromatic amines is 1. The van der Waals surface area contributed by atoms with Gasteiger partial charge in [-0.15, -0.1) is 0 Å². The molecular formula is C16H21N5. The summed E-state index contributed by atoms with van der Waals surface area (Å²) in [5, 5.41) is 10.3. The summed E-state index contributed by atoms with van der Waals surface area (Å²) >= 11 is 0. The van der Waals surface area contributed by atoms with Crippen molar-refractivity contribution in [1.82, 2.24) is 10.2 Å². The fourth-order valence-electron chi connectivity index (χ4n) is 2.81. The number of H-pyrrole nitrogens is 1. The molecule has 0 amide bonds. The standard InChI is InChI=1S/C16H21N5/c1-10-15(11(2)21-20-10)9-18-16(17)19-14-7-6-12-4-3-5-13(12)8-14/h6-8H,3-5,9H2,1-2H3,(H,20,21)(H3,17,18,19). The van der Waals surface area contributed by atoms with Crippen LogP contribution >= 0.6 is 0 Å². The molecule has 110 valence electrons. The van der Waals surface area contributed by atoms with Gasteiger partial charge in [-0.25, -0.2) is 4.99 Å². The van der Waals surface area contributed by atoms with Gasteiger partial charge in [0.1, 0.15) is 0 Å². The maximum atomic E-state index is 5.98. The summed E-state index contributed by atoms with van der Waals surface area (Å²) in [4.78, 5) is 4.40. The summed E-state index contributed by atoms with van der Waals surface area (Å²) < 4.78 is 0. The van der Waals surface area contributed by atoms with Crippen molar-refractivity contribution in [2.75, 3.05) is 5.32 Å². The van der Waals surface area contributed by atoms with E-state index in [0.29, 0.717) is 12.5 Å². The summed E-state index contributed by atoms with van der Waals surface area (Å²) in [6.07, 6.45) is 3.61. The number of nitrogens with two attached hydrogens (primary N) is 1. The maximum absolute atomic E-state index is 5.98. The Balaban J connectivity index is 1.68. The first-order valence-corrected chi connectivity index (χ1v) is 7.32. The largest absolute Gasteiger partial charge is 0.370 e. The Labute approximate surface area is 124 Å². The molecule has 5 heteroatoms. The van der Waals surface area contributed by atoms with Gasteiger partial charge in [-0.3, -0.25) is 5.10 Å². The van der Waals surface area contributed by atoms with Crippen LogP contribution in [0.15, 0.2) is 23.2 Å². The summed E-state index contributed by atoms with van der Waals surface area (Å²) in [5.74, 6) is 0.438. The number of aliphatic imine (C=N–C) groups is 1. The van der Waals surface area contributed by atoms with Gasteiger partial charge >= 0.3 is 0 Å². The van der Waals surface area contributed by atoms with Crippen molar-refractivity contribution in [1.29, 1.82) is 0 Å². The molecule has 0 aliphatic heterocycles. The number of rotatable bonds is 3. The Morgan fingerprint density at radius 2 is 2.14 bits per heavy atom. The third-order valence-corrected chi connectivity index (χ3v) is 4.06. The average Bonchev–Trinajstić information content (AvgIpc) is 3.04. The van der Waals surface area contributed by atoms with Crippen LogP contribution in [-0.2, 0) is 19.4 Å². The Morgan fingerprint density at radius 1 is 1.33 bits per heavy atom. The van der Waals surface area contributed by atoms with Crippen molar-refractivity contribution in [2.24, 2.45) is 10.7 Å². The second-order valence-corrected chi connectivity index (χ2v) is 5.58. The Morgan fingerprint density at radius 3 is 2.90 bits per heavy atom. The van der Waals surface area contributed by atoms with Crippen LogP contribution in [0, 0.1) is 13.8 Å². The lowest BCUT2D eigenvalue weighted by Gasteiger charge is -2.08. The Kier molecular flexibility index (Phi) is 3.64. The number of anilines is 1. The number of hydrogen-bond acceptors (Lipinski definition) is 2. The van der Waals surface area contributed by atoms with Crippen LogP contribution in [0.3, 0.4) is 0 Å². The van der Waals surface area contributed by atoms with Crippen molar-refractivity contribution >= 4 is 11.6 Å². The van der Waals surface area contributed by atoms with E-state index in [2.05, 4.69) is 38.7 Å². The smallest absolute Gasteiger partial charge is 0.193 e. The van der Waals surface area contributed by atoms with Crippen LogP contribution in [0.5, 0.6) is 0 Å². The predicted molar refractivity (Wildman–Crippen MR) is 85.5 cm³/mol. The molecule has 0 bridgehead atoms. The quantitative estimate of drug-likeness (QED) is 0.598. The zero-order valence-corrected chi connectivity index (χ0v) is 12.5. The van der Waals surface area contributed by atoms with Crippen molar-refractivity contribution in [3.8, 4) is 0 Å². The second-order valence-electron chi connectivity index (χ2n) is 5.58. The van der Waals surface area contributed by atoms with Gasteiger partial charge < -0.3 is 11.1 Å². The van der Waals surface area contributed by atoms with Gasteiger partial charge in [0.25, 0.3) is 0 Å². The molecule has 0 unspecified atom stereocenters. The summed E-state index contributed by atoms with van der Waals surface area (Å²) in [5.41, 5.74) is 13.0. The van der Waals surface area contributed by atoms with Gasteiger partial charge in [-0.2, -0.15) is 5.10 Å². The molecule has 0 atom stereocenters. The van der Waals surface area contributed by atoms with E-state index in [4.69, 9.17) is 5.73 Å². The second kappa shape index (κ2) is 5.60. The first-order valence-electron chi connectivity index (χ1n) is 7.32. The molecule has 5 nitrogen and oxygen atoms in total. The van der Waals surface area contributed by atoms with E-state index in [1.54, 1.807) is 0 Å². The van der Waals surface area contributed by atoms with Gasteiger partial charge in [0, 0.05) is 16.9 Å². The third-order valence-electron chi connectivity index (χ3n) is 4.06. The van der Waals surface area contributed by atoms with E-state index >= 15 is 0 Å². The number of fused-ring (bicyclic) bond motifs is 1. The first-order chi connectivity index (χ1) is 10.1. The van der Waals surface area contributed by atoms with Gasteiger partial charge in [-0.05, 0) is 56.4 Å². The molecule has 1 aliphatic carbocycles. The number of aromatic nitrogens is 2. The number of hydrogen-bond donors (Lipinski definition) is 3. The van der Waals surface area contributed by atoms with E-state index < -0.39 is 0 Å². The molecule has 2 aromatic rings. The molecule has 0 spiro atoms. The fraction of sp³-hybridized carbons (Fsp3) is 0.375. The minimum Gasteiger partial charge on any atom is -0.370 e. The van der Waals surface area contributed by atoms with Crippen molar-refractivity contribution in [3.63, 3.8) is 0 Å². The average molecular weight is 283 g/mol. The van der Waals surface area contributed by atoms with Crippen LogP contribution in [0.25, 0.3) is 0 Å². The highest BCUT2D eigenvalue weighted by Crippen LogP contribution is 2.24. The third kappa shape index (κ3) is 2.91. The minimum atomic E-state index is 0.438. The Hall–Kier alpha value is -2.30. The number of nitrogens with zero attached hydrogens (tertiary/aromatic N) is 2. The lowest BCUT2D eigenvalue weighted by Crippen LogP contribution is -2.22. The molecular weight excluding hydrogens is 262 g/mol. The van der Waals surface area contributed by atoms with Gasteiger partial charge in [0.05, 0.1) is 12.2 Å². The van der Waals surface area contributed by atoms with E-state index in [0.717, 1.165) is 29.1 Å². The van der Waals surface area contributed by atoms with E-state index in [1.165, 1.54) is 24.0 Å². The molecule has 0 saturated heterocycles.